The zero-order valence-corrected chi connectivity index (χ0v) is 14.0. The average molecular weight is 284 g/mol. The Hall–Kier alpha value is -0.120. The highest BCUT2D eigenvalue weighted by Gasteiger charge is 2.19. The minimum absolute atomic E-state index is 0.490. The zero-order valence-electron chi connectivity index (χ0n) is 14.0. The Bertz CT molecular complexity index is 223. The van der Waals surface area contributed by atoms with Gasteiger partial charge in [-0.15, -0.1) is 0 Å². The van der Waals surface area contributed by atoms with Crippen molar-refractivity contribution in [1.29, 1.82) is 0 Å². The molecule has 3 nitrogen and oxygen atoms in total. The van der Waals surface area contributed by atoms with Crippen LogP contribution in [0, 0.1) is 0 Å². The van der Waals surface area contributed by atoms with Crippen molar-refractivity contribution in [2.24, 2.45) is 0 Å². The first-order chi connectivity index (χ1) is 9.80. The molecular weight excluding hydrogens is 248 g/mol. The molecule has 1 aliphatic rings. The topological polar surface area (TPSA) is 24.5 Å². The maximum Gasteiger partial charge on any atom is 0.0702 e. The van der Waals surface area contributed by atoms with Crippen LogP contribution >= 0.6 is 0 Å². The molecule has 0 bridgehead atoms. The molecule has 3 heteroatoms. The highest BCUT2D eigenvalue weighted by atomic mass is 16.5. The van der Waals surface area contributed by atoms with Gasteiger partial charge in [-0.05, 0) is 64.6 Å². The van der Waals surface area contributed by atoms with Gasteiger partial charge < -0.3 is 15.0 Å². The van der Waals surface area contributed by atoms with Gasteiger partial charge in [0.1, 0.15) is 0 Å². The van der Waals surface area contributed by atoms with Gasteiger partial charge in [0.25, 0.3) is 0 Å². The van der Waals surface area contributed by atoms with Crippen molar-refractivity contribution in [2.75, 3.05) is 32.8 Å². The Morgan fingerprint density at radius 3 is 2.80 bits per heavy atom. The van der Waals surface area contributed by atoms with Crippen molar-refractivity contribution in [3.05, 3.63) is 0 Å². The summed E-state index contributed by atoms with van der Waals surface area (Å²) in [5.74, 6) is 0. The van der Waals surface area contributed by atoms with Crippen molar-refractivity contribution in [1.82, 2.24) is 10.2 Å². The number of likely N-dealkylation sites (tertiary alicyclic amines) is 1. The van der Waals surface area contributed by atoms with Gasteiger partial charge >= 0.3 is 0 Å². The van der Waals surface area contributed by atoms with E-state index < -0.39 is 0 Å². The molecule has 0 aromatic carbocycles. The van der Waals surface area contributed by atoms with Crippen molar-refractivity contribution >= 4 is 0 Å². The predicted octanol–water partition coefficient (Wildman–Crippen LogP) is 3.44. The number of piperidine rings is 1. The minimum atomic E-state index is 0.490. The van der Waals surface area contributed by atoms with Crippen LogP contribution in [-0.2, 0) is 4.74 Å². The zero-order chi connectivity index (χ0) is 14.6. The Morgan fingerprint density at radius 1 is 1.25 bits per heavy atom. The average Bonchev–Trinajstić information content (AvgIpc) is 2.49. The molecule has 0 saturated carbocycles. The van der Waals surface area contributed by atoms with Crippen LogP contribution in [0.2, 0.25) is 0 Å². The summed E-state index contributed by atoms with van der Waals surface area (Å²) in [5.41, 5.74) is 0. The summed E-state index contributed by atoms with van der Waals surface area (Å²) < 4.78 is 5.91. The molecule has 0 radical (unpaired) electrons. The molecule has 2 atom stereocenters. The Balaban J connectivity index is 2.13. The van der Waals surface area contributed by atoms with E-state index in [4.69, 9.17) is 4.74 Å². The monoisotopic (exact) mass is 284 g/mol. The van der Waals surface area contributed by atoms with Crippen LogP contribution in [0.5, 0.6) is 0 Å². The predicted molar refractivity (Wildman–Crippen MR) is 87.3 cm³/mol. The lowest BCUT2D eigenvalue weighted by Crippen LogP contribution is -2.40. The summed E-state index contributed by atoms with van der Waals surface area (Å²) in [7, 11) is 0. The maximum absolute atomic E-state index is 5.91. The molecule has 0 spiro atoms. The number of rotatable bonds is 11. The SMILES string of the molecule is CCCNC(CC)CCCN1CCCC(OCCC)C1. The summed E-state index contributed by atoms with van der Waals surface area (Å²) >= 11 is 0. The molecule has 1 rings (SSSR count). The van der Waals surface area contributed by atoms with E-state index in [-0.39, 0.29) is 0 Å². The molecule has 1 saturated heterocycles. The Kier molecular flexibility index (Phi) is 10.3. The molecule has 0 aromatic rings. The molecule has 0 aromatic heterocycles. The third-order valence-corrected chi connectivity index (χ3v) is 4.22. The highest BCUT2D eigenvalue weighted by molar-refractivity contribution is 4.74. The van der Waals surface area contributed by atoms with Gasteiger partial charge in [0.05, 0.1) is 6.10 Å². The summed E-state index contributed by atoms with van der Waals surface area (Å²) in [6.45, 7) is 12.5. The molecule has 20 heavy (non-hydrogen) atoms. The summed E-state index contributed by atoms with van der Waals surface area (Å²) in [5, 5.41) is 3.65. The number of nitrogens with zero attached hydrogens (tertiary/aromatic N) is 1. The molecular formula is C17H36N2O. The van der Waals surface area contributed by atoms with Crippen molar-refractivity contribution in [3.8, 4) is 0 Å². The van der Waals surface area contributed by atoms with Gasteiger partial charge in [-0.1, -0.05) is 20.8 Å². The molecule has 0 aliphatic carbocycles. The van der Waals surface area contributed by atoms with Gasteiger partial charge in [0.15, 0.2) is 0 Å². The van der Waals surface area contributed by atoms with E-state index in [2.05, 4.69) is 31.0 Å². The van der Waals surface area contributed by atoms with Crippen LogP contribution in [0.15, 0.2) is 0 Å². The number of hydrogen-bond donors (Lipinski definition) is 1. The summed E-state index contributed by atoms with van der Waals surface area (Å²) in [6, 6.07) is 0.715. The lowest BCUT2D eigenvalue weighted by molar-refractivity contribution is -0.000481. The van der Waals surface area contributed by atoms with Gasteiger partial charge in [-0.25, -0.2) is 0 Å². The van der Waals surface area contributed by atoms with Crippen molar-refractivity contribution in [3.63, 3.8) is 0 Å². The van der Waals surface area contributed by atoms with Gasteiger partial charge in [-0.3, -0.25) is 0 Å². The first-order valence-electron chi connectivity index (χ1n) is 8.87. The highest BCUT2D eigenvalue weighted by Crippen LogP contribution is 2.14. The van der Waals surface area contributed by atoms with Crippen molar-refractivity contribution in [2.45, 2.75) is 77.9 Å². The molecule has 1 aliphatic heterocycles. The fourth-order valence-electron chi connectivity index (χ4n) is 3.00. The second-order valence-corrected chi connectivity index (χ2v) is 6.14. The Morgan fingerprint density at radius 2 is 2.10 bits per heavy atom. The van der Waals surface area contributed by atoms with Gasteiger partial charge in [-0.2, -0.15) is 0 Å². The number of nitrogens with one attached hydrogen (secondary N) is 1. The largest absolute Gasteiger partial charge is 0.377 e. The standard InChI is InChI=1S/C17H36N2O/c1-4-11-18-16(6-3)9-7-12-19-13-8-10-17(15-19)20-14-5-2/h16-18H,4-15H2,1-3H3. The lowest BCUT2D eigenvalue weighted by Gasteiger charge is -2.33. The van der Waals surface area contributed by atoms with Crippen molar-refractivity contribution < 1.29 is 4.74 Å². The fourth-order valence-corrected chi connectivity index (χ4v) is 3.00. The third kappa shape index (κ3) is 7.61. The smallest absolute Gasteiger partial charge is 0.0702 e. The molecule has 120 valence electrons. The van der Waals surface area contributed by atoms with Gasteiger partial charge in [0.2, 0.25) is 0 Å². The minimum Gasteiger partial charge on any atom is -0.377 e. The molecule has 2 unspecified atom stereocenters. The van der Waals surface area contributed by atoms with Crippen LogP contribution in [-0.4, -0.2) is 49.8 Å². The first kappa shape index (κ1) is 17.9. The van der Waals surface area contributed by atoms with Gasteiger partial charge in [0, 0.05) is 19.2 Å². The molecule has 1 fully saturated rings. The Labute approximate surface area is 126 Å². The maximum atomic E-state index is 5.91. The number of ether oxygens (including phenoxy) is 1. The van der Waals surface area contributed by atoms with E-state index in [0.717, 1.165) is 26.1 Å². The van der Waals surface area contributed by atoms with E-state index in [1.165, 1.54) is 51.6 Å². The molecule has 1 N–H and O–H groups in total. The second kappa shape index (κ2) is 11.5. The van der Waals surface area contributed by atoms with E-state index >= 15 is 0 Å². The second-order valence-electron chi connectivity index (χ2n) is 6.14. The van der Waals surface area contributed by atoms with Crippen LogP contribution in [0.3, 0.4) is 0 Å². The van der Waals surface area contributed by atoms with E-state index in [9.17, 15) is 0 Å². The number of hydrogen-bond acceptors (Lipinski definition) is 3. The fraction of sp³-hybridized carbons (Fsp3) is 1.00. The summed E-state index contributed by atoms with van der Waals surface area (Å²) in [6.07, 6.45) is 9.30. The van der Waals surface area contributed by atoms with E-state index in [1.807, 2.05) is 0 Å². The van der Waals surface area contributed by atoms with E-state index in [0.29, 0.717) is 12.1 Å². The lowest BCUT2D eigenvalue weighted by atomic mass is 10.1. The summed E-state index contributed by atoms with van der Waals surface area (Å²) in [4.78, 5) is 2.61. The normalized spacial score (nSPS) is 22.1. The van der Waals surface area contributed by atoms with Crippen LogP contribution in [0.4, 0.5) is 0 Å². The molecule has 1 heterocycles. The molecule has 0 amide bonds. The first-order valence-corrected chi connectivity index (χ1v) is 8.87. The van der Waals surface area contributed by atoms with E-state index in [1.54, 1.807) is 0 Å². The third-order valence-electron chi connectivity index (χ3n) is 4.22. The van der Waals surface area contributed by atoms with Crippen LogP contribution < -0.4 is 5.32 Å². The van der Waals surface area contributed by atoms with Crippen LogP contribution in [0.1, 0.15) is 65.7 Å². The van der Waals surface area contributed by atoms with Crippen LogP contribution in [0.25, 0.3) is 0 Å². The quantitative estimate of drug-likeness (QED) is 0.629.